The van der Waals surface area contributed by atoms with Gasteiger partial charge in [0.15, 0.2) is 0 Å². The van der Waals surface area contributed by atoms with Crippen LogP contribution in [0.15, 0.2) is 54.1 Å². The minimum atomic E-state index is -0.397. The van der Waals surface area contributed by atoms with Gasteiger partial charge in [-0.3, -0.25) is 18.6 Å². The molecule has 0 unspecified atom stereocenters. The Morgan fingerprint density at radius 1 is 1.33 bits per heavy atom. The van der Waals surface area contributed by atoms with E-state index in [1.54, 1.807) is 31.5 Å². The molecular weight excluding hydrogens is 351 g/mol. The van der Waals surface area contributed by atoms with Crippen molar-refractivity contribution in [2.75, 3.05) is 20.2 Å². The van der Waals surface area contributed by atoms with Crippen molar-refractivity contribution < 1.29 is 14.3 Å². The van der Waals surface area contributed by atoms with Crippen LogP contribution in [0.5, 0.6) is 0 Å². The van der Waals surface area contributed by atoms with E-state index in [4.69, 9.17) is 5.11 Å². The van der Waals surface area contributed by atoms with E-state index in [-0.39, 0.29) is 42.4 Å². The number of imidazole rings is 1. The van der Waals surface area contributed by atoms with Gasteiger partial charge < -0.3 is 10.0 Å². The van der Waals surface area contributed by atoms with Crippen LogP contribution >= 0.6 is 0 Å². The molecule has 0 saturated carbocycles. The number of fused-ring (bicyclic) bond motifs is 1. The third kappa shape index (κ3) is 3.52. The number of carbonyl (C=O) groups excluding carboxylic acids is 1. The van der Waals surface area contributed by atoms with Gasteiger partial charge in [0.25, 0.3) is 11.5 Å². The summed E-state index contributed by atoms with van der Waals surface area (Å²) in [6, 6.07) is 5.78. The monoisotopic (exact) mass is 370 g/mol. The molecular formula is C19H19FN4O3. The van der Waals surface area contributed by atoms with Gasteiger partial charge in [0.2, 0.25) is 5.65 Å². The van der Waals surface area contributed by atoms with Crippen LogP contribution < -0.4 is 5.56 Å². The van der Waals surface area contributed by atoms with Crippen LogP contribution in [0.2, 0.25) is 0 Å². The van der Waals surface area contributed by atoms with Gasteiger partial charge in [-0.25, -0.2) is 9.37 Å². The third-order valence-corrected chi connectivity index (χ3v) is 4.17. The third-order valence-electron chi connectivity index (χ3n) is 4.17. The van der Waals surface area contributed by atoms with E-state index < -0.39 is 5.91 Å². The average Bonchev–Trinajstić information content (AvgIpc) is 3.09. The van der Waals surface area contributed by atoms with E-state index in [0.717, 1.165) is 0 Å². The summed E-state index contributed by atoms with van der Waals surface area (Å²) >= 11 is 0. The van der Waals surface area contributed by atoms with Gasteiger partial charge in [-0.05, 0) is 29.8 Å². The molecule has 1 aromatic carbocycles. The Morgan fingerprint density at radius 3 is 2.67 bits per heavy atom. The maximum atomic E-state index is 13.3. The first-order valence-corrected chi connectivity index (χ1v) is 8.32. The lowest BCUT2D eigenvalue weighted by Gasteiger charge is -2.13. The number of carbonyl (C=O) groups is 1. The SMILES string of the molecule is C=CCn1c(-c2ccc(F)cc2)cn2cc(C(=O)N(C)CCO)nc2c1=O. The molecule has 0 spiro atoms. The van der Waals surface area contributed by atoms with Gasteiger partial charge in [-0.15, -0.1) is 6.58 Å². The van der Waals surface area contributed by atoms with Crippen LogP contribution in [0.4, 0.5) is 4.39 Å². The van der Waals surface area contributed by atoms with E-state index in [1.807, 2.05) is 0 Å². The highest BCUT2D eigenvalue weighted by Gasteiger charge is 2.19. The Labute approximate surface area is 154 Å². The summed E-state index contributed by atoms with van der Waals surface area (Å²) in [5, 5.41) is 8.98. The summed E-state index contributed by atoms with van der Waals surface area (Å²) in [6.07, 6.45) is 4.72. The number of hydrogen-bond donors (Lipinski definition) is 1. The number of benzene rings is 1. The maximum Gasteiger partial charge on any atom is 0.295 e. The number of allylic oxidation sites excluding steroid dienone is 1. The molecule has 0 saturated heterocycles. The summed E-state index contributed by atoms with van der Waals surface area (Å²) in [4.78, 5) is 30.8. The molecule has 0 radical (unpaired) electrons. The Kier molecular flexibility index (Phi) is 5.18. The normalized spacial score (nSPS) is 10.9. The number of rotatable bonds is 6. The number of nitrogens with zero attached hydrogens (tertiary/aromatic N) is 4. The minimum absolute atomic E-state index is 0.100. The molecule has 27 heavy (non-hydrogen) atoms. The van der Waals surface area contributed by atoms with Gasteiger partial charge in [0.1, 0.15) is 11.5 Å². The van der Waals surface area contributed by atoms with E-state index >= 15 is 0 Å². The van der Waals surface area contributed by atoms with Gasteiger partial charge >= 0.3 is 0 Å². The van der Waals surface area contributed by atoms with Crippen molar-refractivity contribution >= 4 is 11.6 Å². The Balaban J connectivity index is 2.18. The number of aliphatic hydroxyl groups is 1. The van der Waals surface area contributed by atoms with Gasteiger partial charge in [-0.2, -0.15) is 0 Å². The molecule has 0 aliphatic heterocycles. The number of hydrogen-bond acceptors (Lipinski definition) is 4. The lowest BCUT2D eigenvalue weighted by molar-refractivity contribution is 0.0762. The topological polar surface area (TPSA) is 79.8 Å². The van der Waals surface area contributed by atoms with Crippen molar-refractivity contribution in [3.8, 4) is 11.3 Å². The fourth-order valence-electron chi connectivity index (χ4n) is 2.79. The molecule has 1 N–H and O–H groups in total. The second kappa shape index (κ2) is 7.55. The van der Waals surface area contributed by atoms with Crippen molar-refractivity contribution in [2.45, 2.75) is 6.54 Å². The smallest absolute Gasteiger partial charge is 0.295 e. The standard InChI is InChI=1S/C19H19FN4O3/c1-3-8-24-16(13-4-6-14(20)7-5-13)12-23-11-15(21-17(23)19(24)27)18(26)22(2)9-10-25/h3-7,11-12,25H,1,8-10H2,2H3. The highest BCUT2D eigenvalue weighted by atomic mass is 19.1. The highest BCUT2D eigenvalue weighted by Crippen LogP contribution is 2.19. The Bertz CT molecular complexity index is 1050. The highest BCUT2D eigenvalue weighted by molar-refractivity contribution is 5.92. The average molecular weight is 370 g/mol. The molecule has 3 rings (SSSR count). The molecule has 1 amide bonds. The molecule has 140 valence electrons. The molecule has 3 aromatic rings. The predicted molar refractivity (Wildman–Crippen MR) is 99.1 cm³/mol. The molecule has 0 aliphatic carbocycles. The zero-order valence-corrected chi connectivity index (χ0v) is 14.8. The Morgan fingerprint density at radius 2 is 2.04 bits per heavy atom. The predicted octanol–water partition coefficient (Wildman–Crippen LogP) is 1.55. The number of aromatic nitrogens is 3. The number of halogens is 1. The van der Waals surface area contributed by atoms with Gasteiger partial charge in [-0.1, -0.05) is 6.08 Å². The maximum absolute atomic E-state index is 13.3. The molecule has 0 fully saturated rings. The number of amides is 1. The van der Waals surface area contributed by atoms with Crippen LogP contribution in [0.25, 0.3) is 16.9 Å². The zero-order valence-electron chi connectivity index (χ0n) is 14.8. The van der Waals surface area contributed by atoms with Crippen molar-refractivity contribution in [2.24, 2.45) is 0 Å². The fourth-order valence-corrected chi connectivity index (χ4v) is 2.79. The summed E-state index contributed by atoms with van der Waals surface area (Å²) in [7, 11) is 1.54. The molecule has 0 bridgehead atoms. The lowest BCUT2D eigenvalue weighted by atomic mass is 10.1. The molecule has 2 heterocycles. The van der Waals surface area contributed by atoms with Crippen molar-refractivity contribution in [1.29, 1.82) is 0 Å². The van der Waals surface area contributed by atoms with E-state index in [2.05, 4.69) is 11.6 Å². The van der Waals surface area contributed by atoms with Crippen molar-refractivity contribution in [3.05, 3.63) is 71.2 Å². The van der Waals surface area contributed by atoms with Crippen LogP contribution in [0.3, 0.4) is 0 Å². The van der Waals surface area contributed by atoms with Crippen LogP contribution in [0, 0.1) is 5.82 Å². The number of likely N-dealkylation sites (N-methyl/N-ethyl adjacent to an activating group) is 1. The van der Waals surface area contributed by atoms with Gasteiger partial charge in [0.05, 0.1) is 12.3 Å². The quantitative estimate of drug-likeness (QED) is 0.668. The van der Waals surface area contributed by atoms with Crippen LogP contribution in [0.1, 0.15) is 10.5 Å². The molecule has 0 atom stereocenters. The first-order chi connectivity index (χ1) is 13.0. The first-order valence-electron chi connectivity index (χ1n) is 8.32. The van der Waals surface area contributed by atoms with Crippen molar-refractivity contribution in [1.82, 2.24) is 18.9 Å². The fraction of sp³-hybridized carbons (Fsp3) is 0.211. The van der Waals surface area contributed by atoms with E-state index in [1.165, 1.54) is 32.2 Å². The lowest BCUT2D eigenvalue weighted by Crippen LogP contribution is -2.29. The van der Waals surface area contributed by atoms with Crippen molar-refractivity contribution in [3.63, 3.8) is 0 Å². The second-order valence-corrected chi connectivity index (χ2v) is 6.03. The largest absolute Gasteiger partial charge is 0.395 e. The number of aliphatic hydroxyl groups excluding tert-OH is 1. The zero-order chi connectivity index (χ0) is 19.6. The van der Waals surface area contributed by atoms with Crippen LogP contribution in [-0.2, 0) is 6.54 Å². The van der Waals surface area contributed by atoms with E-state index in [9.17, 15) is 14.0 Å². The van der Waals surface area contributed by atoms with E-state index in [0.29, 0.717) is 11.3 Å². The molecule has 7 nitrogen and oxygen atoms in total. The first kappa shape index (κ1) is 18.5. The molecule has 8 heteroatoms. The molecule has 2 aromatic heterocycles. The minimum Gasteiger partial charge on any atom is -0.395 e. The Hall–Kier alpha value is -3.26. The van der Waals surface area contributed by atoms with Gasteiger partial charge in [0, 0.05) is 32.5 Å². The summed E-state index contributed by atoms with van der Waals surface area (Å²) in [6.45, 7) is 3.90. The summed E-state index contributed by atoms with van der Waals surface area (Å²) < 4.78 is 16.2. The summed E-state index contributed by atoms with van der Waals surface area (Å²) in [5.41, 5.74) is 1.01. The second-order valence-electron chi connectivity index (χ2n) is 6.03. The molecule has 0 aliphatic rings. The summed E-state index contributed by atoms with van der Waals surface area (Å²) in [5.74, 6) is -0.773. The van der Waals surface area contributed by atoms with Crippen LogP contribution in [-0.4, -0.2) is 50.1 Å².